The van der Waals surface area contributed by atoms with Gasteiger partial charge in [-0.3, -0.25) is 9.69 Å². The Morgan fingerprint density at radius 1 is 1.18 bits per heavy atom. The first-order chi connectivity index (χ1) is 16.1. The molecule has 8 nitrogen and oxygen atoms in total. The second-order valence-corrected chi connectivity index (χ2v) is 9.40. The van der Waals surface area contributed by atoms with Crippen LogP contribution in [0.15, 0.2) is 42.5 Å². The Morgan fingerprint density at radius 3 is 2.44 bits per heavy atom. The van der Waals surface area contributed by atoms with Crippen LogP contribution in [-0.2, 0) is 6.54 Å². The lowest BCUT2D eigenvalue weighted by Crippen LogP contribution is -2.49. The number of rotatable bonds is 8. The maximum Gasteiger partial charge on any atom is 0.335 e. The maximum atomic E-state index is 13.4. The van der Waals surface area contributed by atoms with Gasteiger partial charge < -0.3 is 24.7 Å². The van der Waals surface area contributed by atoms with Crippen molar-refractivity contribution in [2.24, 2.45) is 5.92 Å². The van der Waals surface area contributed by atoms with Crippen molar-refractivity contribution in [3.05, 3.63) is 59.2 Å². The molecule has 0 radical (unpaired) electrons. The monoisotopic (exact) mass is 469 g/mol. The Bertz CT molecular complexity index is 1010. The standard InChI is InChI=1S/C26H35N3O5/c1-17-13-29(18(2)16-30)25(31)22-12-21(27(3)4)10-11-23(22)34-24(17)15-28(5)14-19-6-8-20(9-7-19)26(32)33/h6-12,17-18,24,30H,13-16H2,1-5H3,(H,32,33)/t17-,18-,24-/m1/s1. The SMILES string of the molecule is C[C@@H]1CN([C@H](C)CO)C(=O)c2cc(N(C)C)ccc2O[C@@H]1CN(C)Cc1ccc(C(=O)O)cc1. The minimum absolute atomic E-state index is 0.0245. The molecule has 0 aromatic heterocycles. The number of carboxylic acids is 1. The average Bonchev–Trinajstić information content (AvgIpc) is 2.80. The number of carbonyl (C=O) groups is 2. The Hall–Kier alpha value is -3.10. The molecule has 3 rings (SSSR count). The van der Waals surface area contributed by atoms with Gasteiger partial charge in [-0.25, -0.2) is 4.79 Å². The summed E-state index contributed by atoms with van der Waals surface area (Å²) >= 11 is 0. The summed E-state index contributed by atoms with van der Waals surface area (Å²) in [6, 6.07) is 12.2. The summed E-state index contributed by atoms with van der Waals surface area (Å²) in [7, 11) is 5.84. The Morgan fingerprint density at radius 2 is 1.85 bits per heavy atom. The summed E-state index contributed by atoms with van der Waals surface area (Å²) in [5, 5.41) is 18.9. The first kappa shape index (κ1) is 25.5. The van der Waals surface area contributed by atoms with Crippen molar-refractivity contribution >= 4 is 17.6 Å². The molecule has 1 aliphatic heterocycles. The van der Waals surface area contributed by atoms with E-state index in [1.54, 1.807) is 17.0 Å². The molecule has 0 bridgehead atoms. The minimum Gasteiger partial charge on any atom is -0.488 e. The van der Waals surface area contributed by atoms with Crippen LogP contribution in [0.5, 0.6) is 5.75 Å². The van der Waals surface area contributed by atoms with E-state index in [1.807, 2.05) is 63.3 Å². The summed E-state index contributed by atoms with van der Waals surface area (Å²) in [4.78, 5) is 30.3. The largest absolute Gasteiger partial charge is 0.488 e. The predicted molar refractivity (Wildman–Crippen MR) is 132 cm³/mol. The van der Waals surface area contributed by atoms with Crippen molar-refractivity contribution in [3.8, 4) is 5.75 Å². The van der Waals surface area contributed by atoms with Crippen LogP contribution in [0.1, 0.15) is 40.1 Å². The summed E-state index contributed by atoms with van der Waals surface area (Å²) in [5.74, 6) is -0.515. The fourth-order valence-corrected chi connectivity index (χ4v) is 4.14. The second-order valence-electron chi connectivity index (χ2n) is 9.40. The van der Waals surface area contributed by atoms with E-state index in [2.05, 4.69) is 11.8 Å². The van der Waals surface area contributed by atoms with Crippen LogP contribution in [0.2, 0.25) is 0 Å². The van der Waals surface area contributed by atoms with Gasteiger partial charge in [0.15, 0.2) is 0 Å². The number of aromatic carboxylic acids is 1. The molecule has 1 amide bonds. The lowest BCUT2D eigenvalue weighted by atomic mass is 9.99. The van der Waals surface area contributed by atoms with Gasteiger partial charge in [-0.2, -0.15) is 0 Å². The molecular weight excluding hydrogens is 434 g/mol. The topological polar surface area (TPSA) is 93.6 Å². The summed E-state index contributed by atoms with van der Waals surface area (Å²) in [6.07, 6.45) is -0.186. The van der Waals surface area contributed by atoms with E-state index in [-0.39, 0.29) is 36.1 Å². The van der Waals surface area contributed by atoms with E-state index in [9.17, 15) is 14.7 Å². The number of amides is 1. The van der Waals surface area contributed by atoms with Crippen LogP contribution in [0.25, 0.3) is 0 Å². The van der Waals surface area contributed by atoms with Gasteiger partial charge in [-0.15, -0.1) is 0 Å². The average molecular weight is 470 g/mol. The molecule has 0 unspecified atom stereocenters. The normalized spacial score (nSPS) is 19.1. The van der Waals surface area contributed by atoms with Crippen LogP contribution in [0, 0.1) is 5.92 Å². The fraction of sp³-hybridized carbons (Fsp3) is 0.462. The first-order valence-electron chi connectivity index (χ1n) is 11.5. The number of carboxylic acid groups (broad SMARTS) is 1. The van der Waals surface area contributed by atoms with Crippen LogP contribution < -0.4 is 9.64 Å². The molecule has 34 heavy (non-hydrogen) atoms. The van der Waals surface area contributed by atoms with Crippen LogP contribution in [-0.4, -0.2) is 84.9 Å². The maximum absolute atomic E-state index is 13.4. The fourth-order valence-electron chi connectivity index (χ4n) is 4.14. The van der Waals surface area contributed by atoms with Gasteiger partial charge in [0.05, 0.1) is 23.8 Å². The zero-order valence-corrected chi connectivity index (χ0v) is 20.6. The van der Waals surface area contributed by atoms with Crippen LogP contribution in [0.3, 0.4) is 0 Å². The van der Waals surface area contributed by atoms with Crippen molar-refractivity contribution in [2.45, 2.75) is 32.5 Å². The molecule has 2 aromatic carbocycles. The molecule has 1 aliphatic rings. The van der Waals surface area contributed by atoms with Crippen molar-refractivity contribution in [2.75, 3.05) is 45.7 Å². The molecule has 3 atom stereocenters. The molecule has 0 saturated heterocycles. The summed E-state index contributed by atoms with van der Waals surface area (Å²) in [5.41, 5.74) is 2.67. The lowest BCUT2D eigenvalue weighted by molar-refractivity contribution is 0.0341. The van der Waals surface area contributed by atoms with Crippen molar-refractivity contribution < 1.29 is 24.5 Å². The number of anilines is 1. The van der Waals surface area contributed by atoms with E-state index in [0.29, 0.717) is 30.9 Å². The number of likely N-dealkylation sites (N-methyl/N-ethyl adjacent to an activating group) is 1. The lowest BCUT2D eigenvalue weighted by Gasteiger charge is -2.38. The van der Waals surface area contributed by atoms with Gasteiger partial charge in [0.2, 0.25) is 0 Å². The van der Waals surface area contributed by atoms with Gasteiger partial charge in [-0.05, 0) is 49.9 Å². The van der Waals surface area contributed by atoms with Gasteiger partial charge in [0.25, 0.3) is 5.91 Å². The number of aliphatic hydroxyl groups is 1. The molecule has 2 aromatic rings. The molecule has 0 fully saturated rings. The highest BCUT2D eigenvalue weighted by Crippen LogP contribution is 2.31. The molecule has 184 valence electrons. The molecule has 1 heterocycles. The van der Waals surface area contributed by atoms with Crippen molar-refractivity contribution in [1.29, 1.82) is 0 Å². The highest BCUT2D eigenvalue weighted by molar-refractivity contribution is 5.98. The van der Waals surface area contributed by atoms with Gasteiger partial charge in [0, 0.05) is 45.3 Å². The van der Waals surface area contributed by atoms with E-state index in [1.165, 1.54) is 0 Å². The third-order valence-corrected chi connectivity index (χ3v) is 6.31. The molecule has 8 heteroatoms. The van der Waals surface area contributed by atoms with E-state index in [0.717, 1.165) is 11.3 Å². The second kappa shape index (κ2) is 10.9. The quantitative estimate of drug-likeness (QED) is 0.614. The Balaban J connectivity index is 1.85. The smallest absolute Gasteiger partial charge is 0.335 e. The van der Waals surface area contributed by atoms with Gasteiger partial charge in [-0.1, -0.05) is 19.1 Å². The van der Waals surface area contributed by atoms with Crippen LogP contribution >= 0.6 is 0 Å². The molecular formula is C26H35N3O5. The molecule has 0 aliphatic carbocycles. The molecule has 0 saturated carbocycles. The zero-order chi connectivity index (χ0) is 25.0. The number of benzene rings is 2. The van der Waals surface area contributed by atoms with Crippen LogP contribution in [0.4, 0.5) is 5.69 Å². The number of ether oxygens (including phenoxy) is 1. The van der Waals surface area contributed by atoms with Gasteiger partial charge >= 0.3 is 5.97 Å². The number of aliphatic hydroxyl groups excluding tert-OH is 1. The van der Waals surface area contributed by atoms with E-state index >= 15 is 0 Å². The Labute approximate surface area is 201 Å². The molecule has 2 N–H and O–H groups in total. The summed E-state index contributed by atoms with van der Waals surface area (Å²) in [6.45, 7) is 5.52. The molecule has 0 spiro atoms. The number of carbonyl (C=O) groups excluding carboxylic acids is 1. The Kier molecular flexibility index (Phi) is 8.17. The number of hydrogen-bond donors (Lipinski definition) is 2. The number of fused-ring (bicyclic) bond motifs is 1. The third kappa shape index (κ3) is 5.87. The first-order valence-corrected chi connectivity index (χ1v) is 11.5. The minimum atomic E-state index is -0.941. The third-order valence-electron chi connectivity index (χ3n) is 6.31. The van der Waals surface area contributed by atoms with E-state index < -0.39 is 5.97 Å². The van der Waals surface area contributed by atoms with E-state index in [4.69, 9.17) is 9.84 Å². The predicted octanol–water partition coefficient (Wildman–Crippen LogP) is 2.80. The summed E-state index contributed by atoms with van der Waals surface area (Å²) < 4.78 is 6.43. The van der Waals surface area contributed by atoms with Crippen molar-refractivity contribution in [1.82, 2.24) is 9.80 Å². The highest BCUT2D eigenvalue weighted by Gasteiger charge is 2.33. The number of hydrogen-bond acceptors (Lipinski definition) is 6. The van der Waals surface area contributed by atoms with Crippen molar-refractivity contribution in [3.63, 3.8) is 0 Å². The highest BCUT2D eigenvalue weighted by atomic mass is 16.5. The number of nitrogens with zero attached hydrogens (tertiary/aromatic N) is 3. The zero-order valence-electron chi connectivity index (χ0n) is 20.6. The van der Waals surface area contributed by atoms with Gasteiger partial charge in [0.1, 0.15) is 11.9 Å².